The van der Waals surface area contributed by atoms with Gasteiger partial charge in [0.25, 0.3) is 0 Å². The monoisotopic (exact) mass is 676 g/mol. The van der Waals surface area contributed by atoms with E-state index in [0.29, 0.717) is 29.9 Å². The molecule has 0 aromatic carbocycles. The Bertz CT molecular complexity index is 1330. The van der Waals surface area contributed by atoms with E-state index in [2.05, 4.69) is 26.8 Å². The van der Waals surface area contributed by atoms with Crippen molar-refractivity contribution in [1.82, 2.24) is 0 Å². The summed E-state index contributed by atoms with van der Waals surface area (Å²) in [6, 6.07) is 0. The first-order valence-electron chi connectivity index (χ1n) is 17.2. The summed E-state index contributed by atoms with van der Waals surface area (Å²) in [6.07, 6.45) is 7.34. The van der Waals surface area contributed by atoms with Crippen molar-refractivity contribution in [3.63, 3.8) is 0 Å². The maximum atomic E-state index is 13.4. The number of fused-ring (bicyclic) bond motifs is 7. The number of carbonyl (C=O) groups is 2. The van der Waals surface area contributed by atoms with Crippen LogP contribution in [0.15, 0.2) is 34.9 Å². The number of rotatable bonds is 5. The quantitative estimate of drug-likeness (QED) is 0.105. The standard InChI is InChI=1S/C37H56O7S2/c1-9-20(3)31(41)43-29-30(44-32(42)21(4)10-2)37(19-38)24(18-35(29,7)45)22-11-12-25-33(5,23(22)17-28(37)40)15-13-26-34(25,6)16-14-27(39)36(26,8)46/h9-11,23-30,38-40,45-46H,12-19H2,1-8H3/b20-9-,21-10-/t23?,24?,25?,26?,27-,28+,29-,30-,33-,34+,35-,36-,37-/m0/s1. The highest BCUT2D eigenvalue weighted by atomic mass is 32.1. The van der Waals surface area contributed by atoms with Crippen molar-refractivity contribution in [2.24, 2.45) is 39.9 Å². The maximum Gasteiger partial charge on any atom is 0.333 e. The van der Waals surface area contributed by atoms with Gasteiger partial charge in [-0.25, -0.2) is 9.59 Å². The van der Waals surface area contributed by atoms with Crippen LogP contribution < -0.4 is 0 Å². The number of esters is 2. The van der Waals surface area contributed by atoms with Crippen molar-refractivity contribution in [3.05, 3.63) is 34.9 Å². The summed E-state index contributed by atoms with van der Waals surface area (Å²) in [6.45, 7) is 15.2. The average Bonchev–Trinajstić information content (AvgIpc) is 2.99. The first-order valence-corrected chi connectivity index (χ1v) is 18.1. The molecular formula is C37H56O7S2. The molecule has 0 heterocycles. The molecule has 0 aromatic rings. The predicted molar refractivity (Wildman–Crippen MR) is 186 cm³/mol. The molecular weight excluding hydrogens is 621 g/mol. The first kappa shape index (κ1) is 36.0. The number of carbonyl (C=O) groups excluding carboxylic acids is 2. The van der Waals surface area contributed by atoms with E-state index in [9.17, 15) is 24.9 Å². The molecule has 46 heavy (non-hydrogen) atoms. The number of thiol groups is 2. The number of aliphatic hydroxyl groups excluding tert-OH is 3. The number of allylic oxidation sites excluding steroid dienone is 4. The SMILES string of the molecule is C/C=C(/C)C(=O)O[C@H]1[C@H](OC(=O)/C(C)=C\C)[C@@](C)(S)CC2C3=CCC4[C@@](C)(CCC5[C@]4(C)CC[C@H](O)[C@@]5(C)S)C3C[C@@H](O)[C@]21CO. The predicted octanol–water partition coefficient (Wildman–Crippen LogP) is 6.02. The second-order valence-electron chi connectivity index (χ2n) is 16.2. The highest BCUT2D eigenvalue weighted by molar-refractivity contribution is 7.82. The Balaban J connectivity index is 1.61. The van der Waals surface area contributed by atoms with E-state index in [-0.39, 0.29) is 28.6 Å². The zero-order valence-corrected chi connectivity index (χ0v) is 30.7. The third kappa shape index (κ3) is 5.19. The summed E-state index contributed by atoms with van der Waals surface area (Å²) in [7, 11) is 0. The van der Waals surface area contributed by atoms with Crippen LogP contribution in [0.3, 0.4) is 0 Å². The van der Waals surface area contributed by atoms with Gasteiger partial charge in [-0.05, 0) is 121 Å². The Labute approximate surface area is 286 Å². The van der Waals surface area contributed by atoms with Crippen LogP contribution in [-0.4, -0.2) is 67.8 Å². The van der Waals surface area contributed by atoms with Crippen LogP contribution in [0.2, 0.25) is 0 Å². The molecule has 0 radical (unpaired) electrons. The van der Waals surface area contributed by atoms with Gasteiger partial charge in [-0.2, -0.15) is 25.3 Å². The Morgan fingerprint density at radius 3 is 2.00 bits per heavy atom. The van der Waals surface area contributed by atoms with Crippen LogP contribution in [0.1, 0.15) is 100 Å². The van der Waals surface area contributed by atoms with Crippen LogP contribution in [0.25, 0.3) is 0 Å². The maximum absolute atomic E-state index is 13.4. The van der Waals surface area contributed by atoms with E-state index in [1.165, 1.54) is 5.57 Å². The molecule has 4 saturated carbocycles. The Hall–Kier alpha value is -1.26. The summed E-state index contributed by atoms with van der Waals surface area (Å²) >= 11 is 10.2. The number of hydrogen-bond donors (Lipinski definition) is 5. The van der Waals surface area contributed by atoms with Crippen molar-refractivity contribution < 1.29 is 34.4 Å². The Morgan fingerprint density at radius 1 is 0.870 bits per heavy atom. The van der Waals surface area contributed by atoms with E-state index in [1.54, 1.807) is 39.8 Å². The van der Waals surface area contributed by atoms with Crippen molar-refractivity contribution in [1.29, 1.82) is 0 Å². The highest BCUT2D eigenvalue weighted by Crippen LogP contribution is 2.71. The average molecular weight is 677 g/mol. The summed E-state index contributed by atoms with van der Waals surface area (Å²) in [5, 5.41) is 34.7. The fourth-order valence-corrected chi connectivity index (χ4v) is 11.8. The first-order chi connectivity index (χ1) is 21.4. The lowest BCUT2D eigenvalue weighted by atomic mass is 9.38. The van der Waals surface area contributed by atoms with Gasteiger partial charge in [-0.3, -0.25) is 0 Å². The second-order valence-corrected chi connectivity index (χ2v) is 18.1. The fourth-order valence-electron chi connectivity index (χ4n) is 10.9. The van der Waals surface area contributed by atoms with Gasteiger partial charge in [0.15, 0.2) is 12.2 Å². The zero-order chi connectivity index (χ0) is 34.2. The number of aliphatic hydroxyl groups is 3. The van der Waals surface area contributed by atoms with Gasteiger partial charge in [0, 0.05) is 15.9 Å². The molecule has 5 aliphatic rings. The smallest absolute Gasteiger partial charge is 0.333 e. The minimum absolute atomic E-state index is 0.0160. The lowest BCUT2D eigenvalue weighted by Gasteiger charge is -2.69. The minimum Gasteiger partial charge on any atom is -0.454 e. The van der Waals surface area contributed by atoms with E-state index in [4.69, 9.17) is 34.7 Å². The van der Waals surface area contributed by atoms with E-state index in [0.717, 1.165) is 32.1 Å². The molecule has 0 bridgehead atoms. The molecule has 4 unspecified atom stereocenters. The third-order valence-corrected chi connectivity index (χ3v) is 14.9. The van der Waals surface area contributed by atoms with Gasteiger partial charge < -0.3 is 24.8 Å². The molecule has 0 aromatic heterocycles. The van der Waals surface area contributed by atoms with Crippen LogP contribution >= 0.6 is 25.3 Å². The van der Waals surface area contributed by atoms with E-state index in [1.807, 2.05) is 6.92 Å². The van der Waals surface area contributed by atoms with Crippen LogP contribution in [0, 0.1) is 39.9 Å². The zero-order valence-electron chi connectivity index (χ0n) is 28.9. The minimum atomic E-state index is -1.29. The third-order valence-electron chi connectivity index (χ3n) is 13.9. The highest BCUT2D eigenvalue weighted by Gasteiger charge is 2.71. The number of hydrogen-bond acceptors (Lipinski definition) is 9. The molecule has 0 aliphatic heterocycles. The Morgan fingerprint density at radius 2 is 1.43 bits per heavy atom. The van der Waals surface area contributed by atoms with Crippen molar-refractivity contribution in [3.8, 4) is 0 Å². The topological polar surface area (TPSA) is 113 Å². The summed E-state index contributed by atoms with van der Waals surface area (Å²) < 4.78 is 10.9. The molecule has 0 spiro atoms. The lowest BCUT2D eigenvalue weighted by molar-refractivity contribution is -0.236. The number of ether oxygens (including phenoxy) is 2. The second kappa shape index (κ2) is 12.3. The van der Waals surface area contributed by atoms with Gasteiger partial charge in [0.2, 0.25) is 0 Å². The van der Waals surface area contributed by atoms with E-state index >= 15 is 0 Å². The normalized spacial score (nSPS) is 49.0. The summed E-state index contributed by atoms with van der Waals surface area (Å²) in [5.41, 5.74) is 0.582. The van der Waals surface area contributed by atoms with Gasteiger partial charge in [0.1, 0.15) is 0 Å². The molecule has 5 rings (SSSR count). The van der Waals surface area contributed by atoms with E-state index < -0.39 is 57.9 Å². The van der Waals surface area contributed by atoms with Gasteiger partial charge in [-0.1, -0.05) is 37.6 Å². The molecule has 13 atom stereocenters. The molecule has 7 nitrogen and oxygen atoms in total. The summed E-state index contributed by atoms with van der Waals surface area (Å²) in [5.74, 6) is -0.790. The van der Waals surface area contributed by atoms with Crippen molar-refractivity contribution in [2.75, 3.05) is 6.61 Å². The molecule has 4 fully saturated rings. The van der Waals surface area contributed by atoms with Gasteiger partial charge in [0.05, 0.1) is 29.0 Å². The largest absolute Gasteiger partial charge is 0.454 e. The van der Waals surface area contributed by atoms with Crippen LogP contribution in [0.4, 0.5) is 0 Å². The van der Waals surface area contributed by atoms with Crippen LogP contribution in [-0.2, 0) is 19.1 Å². The van der Waals surface area contributed by atoms with Crippen LogP contribution in [0.5, 0.6) is 0 Å². The molecule has 3 N–H and O–H groups in total. The van der Waals surface area contributed by atoms with Crippen molar-refractivity contribution in [2.45, 2.75) is 134 Å². The van der Waals surface area contributed by atoms with Gasteiger partial charge in [-0.15, -0.1) is 0 Å². The molecule has 5 aliphatic carbocycles. The molecule has 9 heteroatoms. The lowest BCUT2D eigenvalue weighted by Crippen LogP contribution is -2.71. The molecule has 0 amide bonds. The molecule has 258 valence electrons. The summed E-state index contributed by atoms with van der Waals surface area (Å²) in [4.78, 5) is 26.6. The van der Waals surface area contributed by atoms with Crippen molar-refractivity contribution >= 4 is 37.2 Å². The van der Waals surface area contributed by atoms with Gasteiger partial charge >= 0.3 is 11.9 Å². The Kier molecular flexibility index (Phi) is 9.60. The molecule has 0 saturated heterocycles. The fraction of sp³-hybridized carbons (Fsp3) is 0.784.